The molecule has 0 saturated carbocycles. The Bertz CT molecular complexity index is 1060. The van der Waals surface area contributed by atoms with Gasteiger partial charge in [-0.2, -0.15) is 0 Å². The van der Waals surface area contributed by atoms with Gasteiger partial charge in [-0.25, -0.2) is 14.4 Å². The summed E-state index contributed by atoms with van der Waals surface area (Å²) in [6.07, 6.45) is 5.28. The Morgan fingerprint density at radius 1 is 1.16 bits per heavy atom. The van der Waals surface area contributed by atoms with E-state index >= 15 is 0 Å². The molecule has 1 aromatic carbocycles. The van der Waals surface area contributed by atoms with Crippen molar-refractivity contribution in [1.82, 2.24) is 19.9 Å². The minimum Gasteiger partial charge on any atom is -0.342 e. The van der Waals surface area contributed by atoms with Crippen LogP contribution in [0.4, 0.5) is 15.9 Å². The minimum absolute atomic E-state index is 0.0342. The predicted molar refractivity (Wildman–Crippen MR) is 118 cm³/mol. The van der Waals surface area contributed by atoms with E-state index in [1.807, 2.05) is 36.9 Å². The molecule has 7 heteroatoms. The maximum absolute atomic E-state index is 13.7. The molecule has 4 rings (SSSR count). The standard InChI is InChI=1S/C24H26FN5O/c1-16(2)24(31)30-12-4-5-18(15-30)23-28-21(17-8-10-26-11-9-17)14-22(29-23)27-20-7-3-6-19(25)13-20/h3,6-11,13-14,16,18H,4-5,12,15H2,1-2H3,(H,27,28,29)/t18-/m1/s1. The molecular formula is C24H26FN5O. The topological polar surface area (TPSA) is 71.0 Å². The maximum atomic E-state index is 13.7. The van der Waals surface area contributed by atoms with Crippen molar-refractivity contribution < 1.29 is 9.18 Å². The molecule has 1 fully saturated rings. The number of aromatic nitrogens is 3. The van der Waals surface area contributed by atoms with Crippen molar-refractivity contribution in [3.8, 4) is 11.3 Å². The second-order valence-corrected chi connectivity index (χ2v) is 8.15. The quantitative estimate of drug-likeness (QED) is 0.644. The van der Waals surface area contributed by atoms with Crippen LogP contribution in [-0.4, -0.2) is 38.8 Å². The van der Waals surface area contributed by atoms with Crippen LogP contribution in [0.5, 0.6) is 0 Å². The van der Waals surface area contributed by atoms with Crippen LogP contribution in [0, 0.1) is 11.7 Å². The molecule has 3 heterocycles. The molecule has 1 atom stereocenters. The van der Waals surface area contributed by atoms with E-state index in [4.69, 9.17) is 9.97 Å². The van der Waals surface area contributed by atoms with E-state index in [1.54, 1.807) is 24.5 Å². The monoisotopic (exact) mass is 419 g/mol. The van der Waals surface area contributed by atoms with Crippen molar-refractivity contribution in [2.75, 3.05) is 18.4 Å². The van der Waals surface area contributed by atoms with Gasteiger partial charge in [0.15, 0.2) is 0 Å². The molecule has 0 spiro atoms. The largest absolute Gasteiger partial charge is 0.342 e. The zero-order valence-electron chi connectivity index (χ0n) is 17.8. The molecule has 31 heavy (non-hydrogen) atoms. The van der Waals surface area contributed by atoms with E-state index in [2.05, 4.69) is 10.3 Å². The van der Waals surface area contributed by atoms with Gasteiger partial charge in [0.2, 0.25) is 5.91 Å². The zero-order chi connectivity index (χ0) is 21.8. The van der Waals surface area contributed by atoms with Crippen molar-refractivity contribution in [3.05, 3.63) is 66.5 Å². The maximum Gasteiger partial charge on any atom is 0.225 e. The molecule has 0 unspecified atom stereocenters. The lowest BCUT2D eigenvalue weighted by Gasteiger charge is -2.33. The van der Waals surface area contributed by atoms with E-state index in [9.17, 15) is 9.18 Å². The Morgan fingerprint density at radius 2 is 1.97 bits per heavy atom. The van der Waals surface area contributed by atoms with Crippen molar-refractivity contribution >= 4 is 17.4 Å². The van der Waals surface area contributed by atoms with Crippen LogP contribution in [-0.2, 0) is 4.79 Å². The molecule has 1 saturated heterocycles. The van der Waals surface area contributed by atoms with Crippen molar-refractivity contribution in [2.45, 2.75) is 32.6 Å². The van der Waals surface area contributed by atoms with Gasteiger partial charge < -0.3 is 10.2 Å². The van der Waals surface area contributed by atoms with Gasteiger partial charge in [0.25, 0.3) is 0 Å². The number of halogens is 1. The summed E-state index contributed by atoms with van der Waals surface area (Å²) < 4.78 is 13.7. The molecule has 1 N–H and O–H groups in total. The highest BCUT2D eigenvalue weighted by Crippen LogP contribution is 2.29. The van der Waals surface area contributed by atoms with Gasteiger partial charge >= 0.3 is 0 Å². The van der Waals surface area contributed by atoms with E-state index in [-0.39, 0.29) is 23.6 Å². The summed E-state index contributed by atoms with van der Waals surface area (Å²) >= 11 is 0. The van der Waals surface area contributed by atoms with Gasteiger partial charge in [0, 0.05) is 54.6 Å². The Balaban J connectivity index is 1.68. The number of carbonyl (C=O) groups excluding carboxylic acids is 1. The van der Waals surface area contributed by atoms with E-state index in [0.717, 1.165) is 30.6 Å². The van der Waals surface area contributed by atoms with Crippen LogP contribution in [0.1, 0.15) is 38.4 Å². The number of piperidine rings is 1. The van der Waals surface area contributed by atoms with Crippen LogP contribution in [0.15, 0.2) is 54.9 Å². The first-order chi connectivity index (χ1) is 15.0. The lowest BCUT2D eigenvalue weighted by molar-refractivity contribution is -0.135. The molecule has 2 aromatic heterocycles. The molecule has 6 nitrogen and oxygen atoms in total. The van der Waals surface area contributed by atoms with Gasteiger partial charge in [-0.1, -0.05) is 19.9 Å². The normalized spacial score (nSPS) is 16.4. The number of rotatable bonds is 5. The lowest BCUT2D eigenvalue weighted by Crippen LogP contribution is -2.41. The SMILES string of the molecule is CC(C)C(=O)N1CCC[C@@H](c2nc(Nc3cccc(F)c3)cc(-c3ccncc3)n2)C1. The Morgan fingerprint density at radius 3 is 2.71 bits per heavy atom. The summed E-state index contributed by atoms with van der Waals surface area (Å²) in [5.74, 6) is 1.14. The van der Waals surface area contributed by atoms with Crippen LogP contribution < -0.4 is 5.32 Å². The van der Waals surface area contributed by atoms with E-state index in [0.29, 0.717) is 23.9 Å². The van der Waals surface area contributed by atoms with Gasteiger partial charge in [-0.05, 0) is 43.2 Å². The number of carbonyl (C=O) groups is 1. The molecule has 160 valence electrons. The first-order valence-electron chi connectivity index (χ1n) is 10.6. The molecule has 0 radical (unpaired) electrons. The third-order valence-corrected chi connectivity index (χ3v) is 5.41. The molecule has 0 aliphatic carbocycles. The van der Waals surface area contributed by atoms with Gasteiger partial charge in [0.1, 0.15) is 17.5 Å². The van der Waals surface area contributed by atoms with E-state index in [1.165, 1.54) is 12.1 Å². The van der Waals surface area contributed by atoms with Crippen molar-refractivity contribution in [1.29, 1.82) is 0 Å². The minimum atomic E-state index is -0.316. The highest BCUT2D eigenvalue weighted by molar-refractivity contribution is 5.78. The first kappa shape index (κ1) is 20.9. The highest BCUT2D eigenvalue weighted by Gasteiger charge is 2.28. The second-order valence-electron chi connectivity index (χ2n) is 8.15. The number of nitrogens with one attached hydrogen (secondary N) is 1. The summed E-state index contributed by atoms with van der Waals surface area (Å²) in [4.78, 5) is 28.1. The number of pyridine rings is 1. The van der Waals surface area contributed by atoms with Gasteiger partial charge in [0.05, 0.1) is 5.69 Å². The number of anilines is 2. The molecular weight excluding hydrogens is 393 g/mol. The molecule has 1 amide bonds. The predicted octanol–water partition coefficient (Wildman–Crippen LogP) is 4.78. The Hall–Kier alpha value is -3.35. The molecule has 1 aliphatic heterocycles. The number of nitrogens with zero attached hydrogens (tertiary/aromatic N) is 4. The van der Waals surface area contributed by atoms with Crippen molar-refractivity contribution in [2.24, 2.45) is 5.92 Å². The second kappa shape index (κ2) is 9.20. The first-order valence-corrected chi connectivity index (χ1v) is 10.6. The van der Waals surface area contributed by atoms with Crippen LogP contribution in [0.25, 0.3) is 11.3 Å². The number of benzene rings is 1. The summed E-state index contributed by atoms with van der Waals surface area (Å²) in [6, 6.07) is 11.9. The third-order valence-electron chi connectivity index (χ3n) is 5.41. The van der Waals surface area contributed by atoms with Gasteiger partial charge in [-0.3, -0.25) is 9.78 Å². The summed E-state index contributed by atoms with van der Waals surface area (Å²) in [7, 11) is 0. The third kappa shape index (κ3) is 5.05. The fraction of sp³-hybridized carbons (Fsp3) is 0.333. The summed E-state index contributed by atoms with van der Waals surface area (Å²) in [5.41, 5.74) is 2.30. The smallest absolute Gasteiger partial charge is 0.225 e. The molecule has 3 aromatic rings. The lowest BCUT2D eigenvalue weighted by atomic mass is 9.96. The summed E-state index contributed by atoms with van der Waals surface area (Å²) in [5, 5.41) is 3.20. The number of likely N-dealkylation sites (tertiary alicyclic amines) is 1. The van der Waals surface area contributed by atoms with E-state index < -0.39 is 0 Å². The average molecular weight is 420 g/mol. The van der Waals surface area contributed by atoms with Crippen LogP contribution in [0.2, 0.25) is 0 Å². The Labute approximate surface area is 181 Å². The fourth-order valence-electron chi connectivity index (χ4n) is 3.85. The highest BCUT2D eigenvalue weighted by atomic mass is 19.1. The van der Waals surface area contributed by atoms with Crippen LogP contribution in [0.3, 0.4) is 0 Å². The van der Waals surface area contributed by atoms with Crippen LogP contribution >= 0.6 is 0 Å². The number of amides is 1. The number of hydrogen-bond donors (Lipinski definition) is 1. The summed E-state index contributed by atoms with van der Waals surface area (Å²) in [6.45, 7) is 5.23. The molecule has 1 aliphatic rings. The average Bonchev–Trinajstić information content (AvgIpc) is 2.79. The Kier molecular flexibility index (Phi) is 6.21. The number of hydrogen-bond acceptors (Lipinski definition) is 5. The van der Waals surface area contributed by atoms with Gasteiger partial charge in [-0.15, -0.1) is 0 Å². The molecule has 0 bridgehead atoms. The van der Waals surface area contributed by atoms with Crippen molar-refractivity contribution in [3.63, 3.8) is 0 Å². The fourth-order valence-corrected chi connectivity index (χ4v) is 3.85. The zero-order valence-corrected chi connectivity index (χ0v) is 17.8.